The first kappa shape index (κ1) is 14.4. The van der Waals surface area contributed by atoms with Crippen molar-refractivity contribution < 1.29 is 4.79 Å². The number of carbonyl (C=O) groups is 1. The maximum absolute atomic E-state index is 11.4. The maximum Gasteiger partial charge on any atom is 0.221 e. The van der Waals surface area contributed by atoms with Crippen LogP contribution in [-0.4, -0.2) is 10.5 Å². The normalized spacial score (nSPS) is 11.0. The molecule has 0 aliphatic carbocycles. The third-order valence-corrected chi connectivity index (χ3v) is 4.15. The van der Waals surface area contributed by atoms with Gasteiger partial charge in [-0.1, -0.05) is 42.5 Å². The van der Waals surface area contributed by atoms with Crippen LogP contribution in [-0.2, 0) is 17.8 Å². The molecular formula is C19H20N2O. The van der Waals surface area contributed by atoms with E-state index in [0.717, 1.165) is 28.7 Å². The van der Waals surface area contributed by atoms with Crippen molar-refractivity contribution in [2.45, 2.75) is 26.8 Å². The van der Waals surface area contributed by atoms with Crippen LogP contribution in [0.2, 0.25) is 0 Å². The van der Waals surface area contributed by atoms with Crippen molar-refractivity contribution in [2.75, 3.05) is 0 Å². The van der Waals surface area contributed by atoms with Crippen LogP contribution in [0, 0.1) is 13.8 Å². The fraction of sp³-hybridized carbons (Fsp3) is 0.211. The number of amides is 1. The molecule has 0 saturated heterocycles. The lowest BCUT2D eigenvalue weighted by Crippen LogP contribution is -2.14. The molecule has 0 bridgehead atoms. The number of aryl methyl sites for hydroxylation is 1. The second-order valence-electron chi connectivity index (χ2n) is 5.80. The number of nitrogens with zero attached hydrogens (tertiary/aromatic N) is 1. The first-order chi connectivity index (χ1) is 10.6. The molecule has 0 radical (unpaired) electrons. The predicted molar refractivity (Wildman–Crippen MR) is 89.9 cm³/mol. The summed E-state index contributed by atoms with van der Waals surface area (Å²) in [7, 11) is 0. The Balaban J connectivity index is 2.17. The van der Waals surface area contributed by atoms with Crippen LogP contribution in [0.3, 0.4) is 0 Å². The van der Waals surface area contributed by atoms with Crippen LogP contribution in [0.5, 0.6) is 0 Å². The summed E-state index contributed by atoms with van der Waals surface area (Å²) in [5.74, 6) is -0.289. The van der Waals surface area contributed by atoms with Gasteiger partial charge in [-0.3, -0.25) is 4.79 Å². The molecule has 2 aromatic carbocycles. The second kappa shape index (κ2) is 5.68. The first-order valence-electron chi connectivity index (χ1n) is 7.47. The van der Waals surface area contributed by atoms with Gasteiger partial charge in [-0.25, -0.2) is 0 Å². The average Bonchev–Trinajstić information content (AvgIpc) is 2.73. The second-order valence-corrected chi connectivity index (χ2v) is 5.80. The summed E-state index contributed by atoms with van der Waals surface area (Å²) in [6.07, 6.45) is 0.285. The summed E-state index contributed by atoms with van der Waals surface area (Å²) in [5, 5.41) is 1.12. The Morgan fingerprint density at radius 3 is 2.50 bits per heavy atom. The summed E-state index contributed by atoms with van der Waals surface area (Å²) in [5.41, 5.74) is 11.2. The molecule has 1 heterocycles. The molecule has 0 fully saturated rings. The third kappa shape index (κ3) is 2.62. The molecule has 0 unspecified atom stereocenters. The smallest absolute Gasteiger partial charge is 0.221 e. The lowest BCUT2D eigenvalue weighted by Gasteiger charge is -2.09. The zero-order valence-corrected chi connectivity index (χ0v) is 13.0. The number of hydrogen-bond donors (Lipinski definition) is 1. The zero-order valence-electron chi connectivity index (χ0n) is 13.0. The van der Waals surface area contributed by atoms with Crippen LogP contribution >= 0.6 is 0 Å². The molecular weight excluding hydrogens is 272 g/mol. The molecule has 0 aliphatic rings. The molecule has 3 rings (SSSR count). The molecule has 22 heavy (non-hydrogen) atoms. The number of rotatable bonds is 4. The standard InChI is InChI=1S/C19H20N2O/c1-13-8-9-16-17(11-19(20)22)14(2)21(18(16)10-13)12-15-6-4-3-5-7-15/h3-10H,11-12H2,1-2H3,(H2,20,22). The minimum atomic E-state index is -0.289. The fourth-order valence-corrected chi connectivity index (χ4v) is 3.03. The highest BCUT2D eigenvalue weighted by atomic mass is 16.1. The van der Waals surface area contributed by atoms with Crippen LogP contribution in [0.15, 0.2) is 48.5 Å². The molecule has 3 nitrogen and oxygen atoms in total. The number of carbonyl (C=O) groups excluding carboxylic acids is 1. The Bertz CT molecular complexity index is 832. The Morgan fingerprint density at radius 2 is 1.82 bits per heavy atom. The molecule has 112 valence electrons. The van der Waals surface area contributed by atoms with E-state index in [-0.39, 0.29) is 12.3 Å². The number of fused-ring (bicyclic) bond motifs is 1. The van der Waals surface area contributed by atoms with Gasteiger partial charge in [-0.15, -0.1) is 0 Å². The molecule has 0 atom stereocenters. The Kier molecular flexibility index (Phi) is 3.72. The highest BCUT2D eigenvalue weighted by Gasteiger charge is 2.15. The first-order valence-corrected chi connectivity index (χ1v) is 7.47. The van der Waals surface area contributed by atoms with Crippen molar-refractivity contribution in [2.24, 2.45) is 5.73 Å². The highest BCUT2D eigenvalue weighted by molar-refractivity contribution is 5.90. The van der Waals surface area contributed by atoms with Crippen LogP contribution in [0.25, 0.3) is 10.9 Å². The predicted octanol–water partition coefficient (Wildman–Crippen LogP) is 3.33. The van der Waals surface area contributed by atoms with Gasteiger partial charge in [0.2, 0.25) is 5.91 Å². The Morgan fingerprint density at radius 1 is 1.09 bits per heavy atom. The van der Waals surface area contributed by atoms with E-state index in [1.54, 1.807) is 0 Å². The van der Waals surface area contributed by atoms with E-state index in [0.29, 0.717) is 0 Å². The SMILES string of the molecule is Cc1ccc2c(CC(N)=O)c(C)n(Cc3ccccc3)c2c1. The molecule has 0 saturated carbocycles. The molecule has 2 N–H and O–H groups in total. The number of hydrogen-bond acceptors (Lipinski definition) is 1. The van der Waals surface area contributed by atoms with Crippen LogP contribution in [0.1, 0.15) is 22.4 Å². The Hall–Kier alpha value is -2.55. The van der Waals surface area contributed by atoms with Gasteiger partial charge in [0, 0.05) is 23.1 Å². The quantitative estimate of drug-likeness (QED) is 0.787. The minimum absolute atomic E-state index is 0.285. The maximum atomic E-state index is 11.4. The van der Waals surface area contributed by atoms with Crippen LogP contribution < -0.4 is 5.73 Å². The summed E-state index contributed by atoms with van der Waals surface area (Å²) in [6, 6.07) is 16.7. The number of nitrogens with two attached hydrogens (primary N) is 1. The van der Waals surface area contributed by atoms with E-state index < -0.39 is 0 Å². The van der Waals surface area contributed by atoms with Gasteiger partial charge in [0.1, 0.15) is 0 Å². The van der Waals surface area contributed by atoms with Gasteiger partial charge >= 0.3 is 0 Å². The van der Waals surface area contributed by atoms with Crippen LogP contribution in [0.4, 0.5) is 0 Å². The summed E-state index contributed by atoms with van der Waals surface area (Å²) in [4.78, 5) is 11.4. The number of benzene rings is 2. The molecule has 3 heteroatoms. The largest absolute Gasteiger partial charge is 0.369 e. The van der Waals surface area contributed by atoms with E-state index in [2.05, 4.69) is 48.7 Å². The number of aromatic nitrogens is 1. The molecule has 1 amide bonds. The lowest BCUT2D eigenvalue weighted by atomic mass is 10.1. The molecule has 1 aromatic heterocycles. The topological polar surface area (TPSA) is 48.0 Å². The highest BCUT2D eigenvalue weighted by Crippen LogP contribution is 2.28. The number of primary amides is 1. The third-order valence-electron chi connectivity index (χ3n) is 4.15. The van der Waals surface area contributed by atoms with E-state index >= 15 is 0 Å². The van der Waals surface area contributed by atoms with Crippen molar-refractivity contribution in [1.82, 2.24) is 4.57 Å². The molecule has 0 spiro atoms. The van der Waals surface area contributed by atoms with Gasteiger partial charge < -0.3 is 10.3 Å². The van der Waals surface area contributed by atoms with Gasteiger partial charge in [-0.05, 0) is 36.6 Å². The average molecular weight is 292 g/mol. The van der Waals surface area contributed by atoms with E-state index in [1.165, 1.54) is 11.1 Å². The van der Waals surface area contributed by atoms with Gasteiger partial charge in [0.15, 0.2) is 0 Å². The van der Waals surface area contributed by atoms with E-state index in [9.17, 15) is 4.79 Å². The fourth-order valence-electron chi connectivity index (χ4n) is 3.03. The van der Waals surface area contributed by atoms with Gasteiger partial charge in [0.25, 0.3) is 0 Å². The van der Waals surface area contributed by atoms with E-state index in [1.807, 2.05) is 18.2 Å². The van der Waals surface area contributed by atoms with Crippen molar-refractivity contribution in [3.8, 4) is 0 Å². The lowest BCUT2D eigenvalue weighted by molar-refractivity contribution is -0.117. The molecule has 0 aliphatic heterocycles. The minimum Gasteiger partial charge on any atom is -0.369 e. The summed E-state index contributed by atoms with van der Waals surface area (Å²) < 4.78 is 2.27. The van der Waals surface area contributed by atoms with Crippen molar-refractivity contribution in [3.05, 3.63) is 70.9 Å². The Labute approximate surface area is 130 Å². The van der Waals surface area contributed by atoms with Gasteiger partial charge in [0.05, 0.1) is 6.42 Å². The monoisotopic (exact) mass is 292 g/mol. The van der Waals surface area contributed by atoms with Crippen molar-refractivity contribution >= 4 is 16.8 Å². The van der Waals surface area contributed by atoms with E-state index in [4.69, 9.17) is 5.73 Å². The van der Waals surface area contributed by atoms with Crippen molar-refractivity contribution in [3.63, 3.8) is 0 Å². The zero-order chi connectivity index (χ0) is 15.7. The summed E-state index contributed by atoms with van der Waals surface area (Å²) in [6.45, 7) is 4.95. The van der Waals surface area contributed by atoms with Gasteiger partial charge in [-0.2, -0.15) is 0 Å². The molecule has 3 aromatic rings. The van der Waals surface area contributed by atoms with Crippen molar-refractivity contribution in [1.29, 1.82) is 0 Å². The summed E-state index contributed by atoms with van der Waals surface area (Å²) >= 11 is 0.